The first-order valence-electron chi connectivity index (χ1n) is 7.23. The number of aromatic nitrogens is 1. The van der Waals surface area contributed by atoms with Crippen molar-refractivity contribution in [3.8, 4) is 0 Å². The highest BCUT2D eigenvalue weighted by Gasteiger charge is 2.17. The van der Waals surface area contributed by atoms with Crippen molar-refractivity contribution in [3.63, 3.8) is 0 Å². The van der Waals surface area contributed by atoms with Crippen molar-refractivity contribution in [2.75, 3.05) is 13.1 Å². The molecule has 0 saturated carbocycles. The molecule has 1 aromatic carbocycles. The summed E-state index contributed by atoms with van der Waals surface area (Å²) in [6, 6.07) is 6.44. The van der Waals surface area contributed by atoms with E-state index in [9.17, 15) is 4.79 Å². The van der Waals surface area contributed by atoms with E-state index in [0.29, 0.717) is 13.0 Å². The lowest BCUT2D eigenvalue weighted by molar-refractivity contribution is -0.121. The van der Waals surface area contributed by atoms with Crippen LogP contribution in [0.25, 0.3) is 10.9 Å². The maximum atomic E-state index is 11.9. The number of nitrogens with one attached hydrogen (secondary N) is 4. The number of amides is 1. The summed E-state index contributed by atoms with van der Waals surface area (Å²) in [6.45, 7) is 1.60. The summed E-state index contributed by atoms with van der Waals surface area (Å²) in [5, 5.41) is 4.20. The first-order valence-corrected chi connectivity index (χ1v) is 8.02. The highest BCUT2D eigenvalue weighted by atomic mass is 79.9. The van der Waals surface area contributed by atoms with Crippen LogP contribution in [0.5, 0.6) is 0 Å². The Hall–Kier alpha value is -1.37. The van der Waals surface area contributed by atoms with Gasteiger partial charge < -0.3 is 10.3 Å². The Balaban J connectivity index is 1.52. The minimum atomic E-state index is 0.109. The monoisotopic (exact) mass is 350 g/mol. The third-order valence-corrected chi connectivity index (χ3v) is 4.30. The van der Waals surface area contributed by atoms with Gasteiger partial charge in [-0.3, -0.25) is 15.6 Å². The second-order valence-electron chi connectivity index (χ2n) is 5.36. The number of hydrazine groups is 1. The van der Waals surface area contributed by atoms with Gasteiger partial charge in [-0.1, -0.05) is 15.9 Å². The van der Waals surface area contributed by atoms with E-state index < -0.39 is 0 Å². The summed E-state index contributed by atoms with van der Waals surface area (Å²) in [7, 11) is 0. The fourth-order valence-electron chi connectivity index (χ4n) is 2.68. The molecule has 1 aliphatic rings. The van der Waals surface area contributed by atoms with Gasteiger partial charge >= 0.3 is 0 Å². The van der Waals surface area contributed by atoms with Crippen molar-refractivity contribution in [1.29, 1.82) is 0 Å². The SMILES string of the molecule is O=C(CC1CCNN1)NCCc1c[nH]c2ccc(Br)cc12. The van der Waals surface area contributed by atoms with E-state index in [-0.39, 0.29) is 11.9 Å². The van der Waals surface area contributed by atoms with E-state index in [1.807, 2.05) is 12.3 Å². The van der Waals surface area contributed by atoms with Gasteiger partial charge in [-0.25, -0.2) is 0 Å². The third kappa shape index (κ3) is 3.64. The van der Waals surface area contributed by atoms with Gasteiger partial charge in [-0.15, -0.1) is 0 Å². The van der Waals surface area contributed by atoms with Crippen molar-refractivity contribution >= 4 is 32.7 Å². The van der Waals surface area contributed by atoms with E-state index in [2.05, 4.69) is 49.2 Å². The quantitative estimate of drug-likeness (QED) is 0.665. The van der Waals surface area contributed by atoms with Crippen molar-refractivity contribution < 1.29 is 4.79 Å². The standard InChI is InChI=1S/C15H19BrN4O/c16-11-1-2-14-13(7-11)10(9-18-14)3-5-17-15(21)8-12-4-6-19-20-12/h1-2,7,9,12,18-20H,3-6,8H2,(H,17,21). The molecular formula is C15H19BrN4O. The topological polar surface area (TPSA) is 69.0 Å². The summed E-state index contributed by atoms with van der Waals surface area (Å²) < 4.78 is 1.07. The largest absolute Gasteiger partial charge is 0.361 e. The molecule has 3 rings (SSSR count). The fraction of sp³-hybridized carbons (Fsp3) is 0.400. The second-order valence-corrected chi connectivity index (χ2v) is 6.28. The molecule has 1 amide bonds. The van der Waals surface area contributed by atoms with Gasteiger partial charge in [0.2, 0.25) is 5.91 Å². The number of hydrogen-bond donors (Lipinski definition) is 4. The predicted octanol–water partition coefficient (Wildman–Crippen LogP) is 1.85. The van der Waals surface area contributed by atoms with Crippen LogP contribution in [0.4, 0.5) is 0 Å². The van der Waals surface area contributed by atoms with Gasteiger partial charge in [0.05, 0.1) is 0 Å². The zero-order chi connectivity index (χ0) is 14.7. The normalized spacial score (nSPS) is 18.2. The molecule has 2 heterocycles. The number of fused-ring (bicyclic) bond motifs is 1. The Morgan fingerprint density at radius 3 is 3.14 bits per heavy atom. The highest BCUT2D eigenvalue weighted by Crippen LogP contribution is 2.22. The summed E-state index contributed by atoms with van der Waals surface area (Å²) in [5.74, 6) is 0.109. The molecule has 6 heteroatoms. The number of halogens is 1. The van der Waals surface area contributed by atoms with Crippen LogP contribution in [0, 0.1) is 0 Å². The molecule has 0 aliphatic carbocycles. The Morgan fingerprint density at radius 2 is 2.33 bits per heavy atom. The second kappa shape index (κ2) is 6.60. The molecule has 0 radical (unpaired) electrons. The molecule has 1 unspecified atom stereocenters. The number of benzene rings is 1. The van der Waals surface area contributed by atoms with Crippen LogP contribution in [0.2, 0.25) is 0 Å². The molecule has 2 aromatic rings. The van der Waals surface area contributed by atoms with E-state index in [1.54, 1.807) is 0 Å². The molecular weight excluding hydrogens is 332 g/mol. The number of hydrogen-bond acceptors (Lipinski definition) is 3. The van der Waals surface area contributed by atoms with Crippen LogP contribution < -0.4 is 16.2 Å². The van der Waals surface area contributed by atoms with Crippen molar-refractivity contribution in [2.24, 2.45) is 0 Å². The van der Waals surface area contributed by atoms with Gasteiger partial charge in [-0.2, -0.15) is 0 Å². The number of rotatable bonds is 5. The maximum Gasteiger partial charge on any atom is 0.221 e. The molecule has 1 saturated heterocycles. The van der Waals surface area contributed by atoms with Gasteiger partial charge in [0.15, 0.2) is 0 Å². The first-order chi connectivity index (χ1) is 10.2. The van der Waals surface area contributed by atoms with Crippen molar-refractivity contribution in [1.82, 2.24) is 21.2 Å². The average Bonchev–Trinajstić information content (AvgIpc) is 3.09. The highest BCUT2D eigenvalue weighted by molar-refractivity contribution is 9.10. The Labute approximate surface area is 132 Å². The summed E-state index contributed by atoms with van der Waals surface area (Å²) >= 11 is 3.50. The molecule has 21 heavy (non-hydrogen) atoms. The first kappa shape index (κ1) is 14.6. The minimum absolute atomic E-state index is 0.109. The summed E-state index contributed by atoms with van der Waals surface area (Å²) in [5.41, 5.74) is 8.50. The summed E-state index contributed by atoms with van der Waals surface area (Å²) in [4.78, 5) is 15.1. The smallest absolute Gasteiger partial charge is 0.221 e. The van der Waals surface area contributed by atoms with Crippen molar-refractivity contribution in [3.05, 3.63) is 34.4 Å². The fourth-order valence-corrected chi connectivity index (χ4v) is 3.04. The van der Waals surface area contributed by atoms with E-state index in [1.165, 1.54) is 10.9 Å². The third-order valence-electron chi connectivity index (χ3n) is 3.80. The number of aromatic amines is 1. The lowest BCUT2D eigenvalue weighted by atomic mass is 10.1. The Bertz CT molecular complexity index is 634. The number of carbonyl (C=O) groups is 1. The van der Waals surface area contributed by atoms with Crippen LogP contribution in [-0.4, -0.2) is 30.0 Å². The predicted molar refractivity (Wildman–Crippen MR) is 86.9 cm³/mol. The lowest BCUT2D eigenvalue weighted by Gasteiger charge is -2.09. The molecule has 1 aromatic heterocycles. The van der Waals surface area contributed by atoms with Crippen LogP contribution in [0.3, 0.4) is 0 Å². The van der Waals surface area contributed by atoms with Crippen LogP contribution >= 0.6 is 15.9 Å². The summed E-state index contributed by atoms with van der Waals surface area (Å²) in [6.07, 6.45) is 4.39. The van der Waals surface area contributed by atoms with Crippen molar-refractivity contribution in [2.45, 2.75) is 25.3 Å². The van der Waals surface area contributed by atoms with Gasteiger partial charge in [0.1, 0.15) is 0 Å². The zero-order valence-corrected chi connectivity index (χ0v) is 13.3. The molecule has 1 aliphatic heterocycles. The number of carbonyl (C=O) groups excluding carboxylic acids is 1. The molecule has 1 atom stereocenters. The van der Waals surface area contributed by atoms with Crippen LogP contribution in [0.1, 0.15) is 18.4 Å². The average molecular weight is 351 g/mol. The molecule has 5 nitrogen and oxygen atoms in total. The molecule has 1 fully saturated rings. The van der Waals surface area contributed by atoms with E-state index >= 15 is 0 Å². The number of H-pyrrole nitrogens is 1. The molecule has 0 bridgehead atoms. The van der Waals surface area contributed by atoms with Gasteiger partial charge in [-0.05, 0) is 36.6 Å². The zero-order valence-electron chi connectivity index (χ0n) is 11.7. The Morgan fingerprint density at radius 1 is 1.43 bits per heavy atom. The minimum Gasteiger partial charge on any atom is -0.361 e. The molecule has 4 N–H and O–H groups in total. The van der Waals surface area contributed by atoms with E-state index in [0.717, 1.165) is 29.4 Å². The molecule has 112 valence electrons. The molecule has 0 spiro atoms. The van der Waals surface area contributed by atoms with Crippen LogP contribution in [-0.2, 0) is 11.2 Å². The van der Waals surface area contributed by atoms with Crippen LogP contribution in [0.15, 0.2) is 28.9 Å². The Kier molecular flexibility index (Phi) is 4.57. The lowest BCUT2D eigenvalue weighted by Crippen LogP contribution is -2.35. The van der Waals surface area contributed by atoms with Gasteiger partial charge in [0.25, 0.3) is 0 Å². The van der Waals surface area contributed by atoms with E-state index in [4.69, 9.17) is 0 Å². The maximum absolute atomic E-state index is 11.9. The van der Waals surface area contributed by atoms with Gasteiger partial charge in [0, 0.05) is 47.1 Å².